The van der Waals surface area contributed by atoms with Crippen molar-refractivity contribution in [3.8, 4) is 28.3 Å². The number of hydrogen-bond acceptors (Lipinski definition) is 4. The van der Waals surface area contributed by atoms with E-state index in [1.165, 1.54) is 12.1 Å². The zero-order valence-electron chi connectivity index (χ0n) is 18.4. The summed E-state index contributed by atoms with van der Waals surface area (Å²) in [4.78, 5) is 8.77. The molecule has 33 heavy (non-hydrogen) atoms. The molecule has 0 fully saturated rings. The number of unbranched alkanes of at least 4 members (excludes halogenated alkanes) is 1. The molecule has 0 bridgehead atoms. The second kappa shape index (κ2) is 10.2. The van der Waals surface area contributed by atoms with Crippen molar-refractivity contribution in [2.75, 3.05) is 5.73 Å². The van der Waals surface area contributed by atoms with E-state index < -0.39 is 11.6 Å². The highest BCUT2D eigenvalue weighted by molar-refractivity contribution is 5.75. The number of ether oxygens (including phenoxy) is 1. The quantitative estimate of drug-likeness (QED) is 0.332. The Kier molecular flexibility index (Phi) is 6.93. The molecule has 4 nitrogen and oxygen atoms in total. The molecule has 0 spiro atoms. The van der Waals surface area contributed by atoms with Crippen LogP contribution in [0.3, 0.4) is 0 Å². The number of aromatic nitrogens is 2. The molecule has 0 aliphatic heterocycles. The summed E-state index contributed by atoms with van der Waals surface area (Å²) in [5.74, 6) is -2.22. The van der Waals surface area contributed by atoms with Gasteiger partial charge in [-0.2, -0.15) is 4.39 Å². The second-order valence-corrected chi connectivity index (χ2v) is 7.74. The van der Waals surface area contributed by atoms with Crippen LogP contribution in [0.15, 0.2) is 72.8 Å². The molecule has 0 saturated heterocycles. The standard InChI is InChI=1S/C27H25F2N3O/c1-2-3-14-21-25(19-12-8-5-9-13-19)31-27(30)32-26(21)20-15-16-22(24(29)23(20)28)33-17-18-10-6-4-7-11-18/h4-13,15-16H,2-3,14,17H2,1H3,(H2,30,31,32). The highest BCUT2D eigenvalue weighted by atomic mass is 19.2. The molecule has 0 atom stereocenters. The van der Waals surface area contributed by atoms with Gasteiger partial charge in [0.15, 0.2) is 11.6 Å². The number of anilines is 1. The average Bonchev–Trinajstić information content (AvgIpc) is 2.85. The smallest absolute Gasteiger partial charge is 0.221 e. The Morgan fingerprint density at radius 2 is 1.48 bits per heavy atom. The number of halogens is 2. The SMILES string of the molecule is CCCCc1c(-c2ccccc2)nc(N)nc1-c1ccc(OCc2ccccc2)c(F)c1F. The molecule has 0 amide bonds. The number of nitrogens with two attached hydrogens (primary N) is 1. The number of nitrogen functional groups attached to an aromatic ring is 1. The number of hydrogen-bond donors (Lipinski definition) is 1. The lowest BCUT2D eigenvalue weighted by Crippen LogP contribution is -2.07. The van der Waals surface area contributed by atoms with E-state index in [1.807, 2.05) is 60.7 Å². The van der Waals surface area contributed by atoms with Gasteiger partial charge in [-0.1, -0.05) is 74.0 Å². The lowest BCUT2D eigenvalue weighted by Gasteiger charge is -2.16. The van der Waals surface area contributed by atoms with Crippen molar-refractivity contribution in [3.63, 3.8) is 0 Å². The van der Waals surface area contributed by atoms with Crippen LogP contribution in [0.4, 0.5) is 14.7 Å². The Hall–Kier alpha value is -3.80. The van der Waals surface area contributed by atoms with E-state index in [0.29, 0.717) is 17.8 Å². The first kappa shape index (κ1) is 22.4. The average molecular weight is 446 g/mol. The highest BCUT2D eigenvalue weighted by Gasteiger charge is 2.22. The van der Waals surface area contributed by atoms with Gasteiger partial charge in [0.25, 0.3) is 0 Å². The summed E-state index contributed by atoms with van der Waals surface area (Å²) < 4.78 is 35.8. The van der Waals surface area contributed by atoms with Crippen LogP contribution in [0.25, 0.3) is 22.5 Å². The summed E-state index contributed by atoms with van der Waals surface area (Å²) in [7, 11) is 0. The highest BCUT2D eigenvalue weighted by Crippen LogP contribution is 2.35. The van der Waals surface area contributed by atoms with Crippen molar-refractivity contribution in [2.24, 2.45) is 0 Å². The van der Waals surface area contributed by atoms with Gasteiger partial charge in [-0.15, -0.1) is 0 Å². The predicted octanol–water partition coefficient (Wildman–Crippen LogP) is 6.59. The lowest BCUT2D eigenvalue weighted by molar-refractivity contribution is 0.285. The van der Waals surface area contributed by atoms with Crippen molar-refractivity contribution in [1.82, 2.24) is 9.97 Å². The number of rotatable bonds is 8. The summed E-state index contributed by atoms with van der Waals surface area (Å²) in [6.45, 7) is 2.20. The van der Waals surface area contributed by atoms with Crippen LogP contribution >= 0.6 is 0 Å². The third kappa shape index (κ3) is 5.00. The van der Waals surface area contributed by atoms with Crippen LogP contribution in [-0.2, 0) is 13.0 Å². The van der Waals surface area contributed by atoms with Crippen LogP contribution in [0.2, 0.25) is 0 Å². The van der Waals surface area contributed by atoms with Gasteiger partial charge in [0.05, 0.1) is 11.4 Å². The van der Waals surface area contributed by atoms with Crippen LogP contribution in [0, 0.1) is 11.6 Å². The molecule has 4 rings (SSSR count). The third-order valence-electron chi connectivity index (χ3n) is 5.39. The largest absolute Gasteiger partial charge is 0.486 e. The van der Waals surface area contributed by atoms with Gasteiger partial charge in [0, 0.05) is 16.7 Å². The maximum absolute atomic E-state index is 15.3. The fourth-order valence-electron chi connectivity index (χ4n) is 3.71. The molecule has 1 aromatic heterocycles. The first-order chi connectivity index (χ1) is 16.1. The van der Waals surface area contributed by atoms with E-state index in [0.717, 1.165) is 29.5 Å². The molecular weight excluding hydrogens is 420 g/mol. The van der Waals surface area contributed by atoms with Crippen molar-refractivity contribution in [1.29, 1.82) is 0 Å². The molecule has 0 unspecified atom stereocenters. The third-order valence-corrected chi connectivity index (χ3v) is 5.39. The van der Waals surface area contributed by atoms with Crippen molar-refractivity contribution in [2.45, 2.75) is 32.8 Å². The molecule has 0 aliphatic carbocycles. The molecule has 3 aromatic carbocycles. The van der Waals surface area contributed by atoms with Crippen molar-refractivity contribution < 1.29 is 13.5 Å². The van der Waals surface area contributed by atoms with Crippen molar-refractivity contribution in [3.05, 3.63) is 95.6 Å². The fraction of sp³-hybridized carbons (Fsp3) is 0.185. The summed E-state index contributed by atoms with van der Waals surface area (Å²) in [6, 6.07) is 21.8. The maximum atomic E-state index is 15.3. The van der Waals surface area contributed by atoms with E-state index in [2.05, 4.69) is 16.9 Å². The van der Waals surface area contributed by atoms with E-state index in [4.69, 9.17) is 10.5 Å². The number of nitrogens with zero attached hydrogens (tertiary/aromatic N) is 2. The van der Waals surface area contributed by atoms with Crippen LogP contribution in [0.5, 0.6) is 5.75 Å². The van der Waals surface area contributed by atoms with Gasteiger partial charge < -0.3 is 10.5 Å². The molecule has 1 heterocycles. The molecule has 0 aliphatic rings. The number of benzene rings is 3. The fourth-order valence-corrected chi connectivity index (χ4v) is 3.71. The van der Waals surface area contributed by atoms with Gasteiger partial charge in [-0.3, -0.25) is 0 Å². The second-order valence-electron chi connectivity index (χ2n) is 7.74. The Morgan fingerprint density at radius 1 is 0.818 bits per heavy atom. The molecule has 0 radical (unpaired) electrons. The first-order valence-electron chi connectivity index (χ1n) is 11.0. The normalized spacial score (nSPS) is 10.9. The molecular formula is C27H25F2N3O. The topological polar surface area (TPSA) is 61.0 Å². The summed E-state index contributed by atoms with van der Waals surface area (Å²) in [5.41, 5.74) is 9.43. The Bertz CT molecular complexity index is 1230. The van der Waals surface area contributed by atoms with E-state index in [9.17, 15) is 4.39 Å². The minimum atomic E-state index is -1.05. The maximum Gasteiger partial charge on any atom is 0.221 e. The Balaban J connectivity index is 1.76. The summed E-state index contributed by atoms with van der Waals surface area (Å²) in [6.07, 6.45) is 2.40. The summed E-state index contributed by atoms with van der Waals surface area (Å²) in [5, 5.41) is 0. The van der Waals surface area contributed by atoms with Crippen LogP contribution in [-0.4, -0.2) is 9.97 Å². The van der Waals surface area contributed by atoms with Crippen LogP contribution < -0.4 is 10.5 Å². The van der Waals surface area contributed by atoms with Gasteiger partial charge >= 0.3 is 0 Å². The van der Waals surface area contributed by atoms with Gasteiger partial charge in [0.1, 0.15) is 6.61 Å². The first-order valence-corrected chi connectivity index (χ1v) is 11.0. The van der Waals surface area contributed by atoms with Gasteiger partial charge in [-0.05, 0) is 30.5 Å². The predicted molar refractivity (Wildman–Crippen MR) is 127 cm³/mol. The molecule has 168 valence electrons. The monoisotopic (exact) mass is 445 g/mol. The summed E-state index contributed by atoms with van der Waals surface area (Å²) >= 11 is 0. The van der Waals surface area contributed by atoms with E-state index in [1.54, 1.807) is 0 Å². The zero-order chi connectivity index (χ0) is 23.2. The minimum Gasteiger partial charge on any atom is -0.486 e. The lowest BCUT2D eigenvalue weighted by atomic mass is 9.96. The van der Waals surface area contributed by atoms with Crippen LogP contribution in [0.1, 0.15) is 30.9 Å². The van der Waals surface area contributed by atoms with Crippen molar-refractivity contribution >= 4 is 5.95 Å². The molecule has 0 saturated carbocycles. The minimum absolute atomic E-state index is 0.00770. The zero-order valence-corrected chi connectivity index (χ0v) is 18.4. The Labute approximate surface area is 192 Å². The molecule has 2 N–H and O–H groups in total. The van der Waals surface area contributed by atoms with E-state index in [-0.39, 0.29) is 23.9 Å². The molecule has 4 aromatic rings. The Morgan fingerprint density at radius 3 is 2.18 bits per heavy atom. The van der Waals surface area contributed by atoms with E-state index >= 15 is 4.39 Å². The molecule has 6 heteroatoms. The van der Waals surface area contributed by atoms with Gasteiger partial charge in [0.2, 0.25) is 11.8 Å². The van der Waals surface area contributed by atoms with Gasteiger partial charge in [-0.25, -0.2) is 14.4 Å².